The Morgan fingerprint density at radius 1 is 0.952 bits per heavy atom. The molecule has 0 aliphatic heterocycles. The normalized spacial score (nSPS) is 10.6. The van der Waals surface area contributed by atoms with E-state index in [1.165, 1.54) is 13.2 Å². The third-order valence-corrected chi connectivity index (χ3v) is 3.00. The molecule has 10 heteroatoms. The van der Waals surface area contributed by atoms with Crippen molar-refractivity contribution in [3.05, 3.63) is 39.8 Å². The summed E-state index contributed by atoms with van der Waals surface area (Å²) in [6.07, 6.45) is 1.24. The van der Waals surface area contributed by atoms with Crippen LogP contribution in [0.5, 0.6) is 0 Å². The van der Waals surface area contributed by atoms with Crippen molar-refractivity contribution < 1.29 is 22.0 Å². The number of aromatic nitrogens is 2. The van der Waals surface area contributed by atoms with E-state index in [1.807, 2.05) is 0 Å². The predicted molar refractivity (Wildman–Crippen MR) is 68.8 cm³/mol. The first kappa shape index (κ1) is 15.4. The Morgan fingerprint density at radius 2 is 1.48 bits per heavy atom. The molecule has 1 aromatic carbocycles. The summed E-state index contributed by atoms with van der Waals surface area (Å²) in [6.45, 7) is 0. The molecule has 0 bridgehead atoms. The summed E-state index contributed by atoms with van der Waals surface area (Å²) in [5, 5.41) is 4.62. The Bertz CT molecular complexity index is 680. The van der Waals surface area contributed by atoms with E-state index in [4.69, 9.17) is 0 Å². The Kier molecular flexibility index (Phi) is 4.26. The van der Waals surface area contributed by atoms with Crippen molar-refractivity contribution in [1.29, 1.82) is 0 Å². The van der Waals surface area contributed by atoms with Gasteiger partial charge < -0.3 is 10.6 Å². The highest BCUT2D eigenvalue weighted by molar-refractivity contribution is 9.10. The molecule has 0 amide bonds. The van der Waals surface area contributed by atoms with Crippen LogP contribution in [-0.2, 0) is 0 Å². The maximum absolute atomic E-state index is 13.5. The van der Waals surface area contributed by atoms with Crippen LogP contribution in [0, 0.1) is 29.1 Å². The molecule has 0 atom stereocenters. The number of nitrogens with one attached hydrogen (secondary N) is 2. The first-order chi connectivity index (χ1) is 9.86. The van der Waals surface area contributed by atoms with Crippen molar-refractivity contribution >= 4 is 33.4 Å². The lowest BCUT2D eigenvalue weighted by atomic mass is 10.2. The van der Waals surface area contributed by atoms with Gasteiger partial charge >= 0.3 is 0 Å². The fourth-order valence-electron chi connectivity index (χ4n) is 1.41. The lowest BCUT2D eigenvalue weighted by Gasteiger charge is -2.12. The Balaban J connectivity index is 2.55. The van der Waals surface area contributed by atoms with E-state index in [0.717, 1.165) is 0 Å². The highest BCUT2D eigenvalue weighted by Crippen LogP contribution is 2.31. The summed E-state index contributed by atoms with van der Waals surface area (Å²) >= 11 is 3.00. The third kappa shape index (κ3) is 2.75. The van der Waals surface area contributed by atoms with Gasteiger partial charge in [-0.25, -0.2) is 26.9 Å². The molecule has 21 heavy (non-hydrogen) atoms. The zero-order valence-corrected chi connectivity index (χ0v) is 11.8. The van der Waals surface area contributed by atoms with E-state index >= 15 is 0 Å². The average molecular weight is 369 g/mol. The maximum Gasteiger partial charge on any atom is 0.224 e. The molecule has 0 aliphatic carbocycles. The summed E-state index contributed by atoms with van der Waals surface area (Å²) in [5.41, 5.74) is -1.20. The maximum atomic E-state index is 13.5. The van der Waals surface area contributed by atoms with Crippen molar-refractivity contribution in [2.45, 2.75) is 0 Å². The van der Waals surface area contributed by atoms with Gasteiger partial charge in [-0.05, 0) is 15.9 Å². The summed E-state index contributed by atoms with van der Waals surface area (Å²) < 4.78 is 66.4. The molecule has 2 N–H and O–H groups in total. The van der Waals surface area contributed by atoms with Crippen LogP contribution in [0.4, 0.5) is 39.4 Å². The molecule has 0 fully saturated rings. The summed E-state index contributed by atoms with van der Waals surface area (Å²) in [7, 11) is 1.49. The molecular weight excluding hydrogens is 363 g/mol. The smallest absolute Gasteiger partial charge is 0.224 e. The molecule has 0 aliphatic rings. The van der Waals surface area contributed by atoms with Crippen LogP contribution in [0.3, 0.4) is 0 Å². The van der Waals surface area contributed by atoms with Crippen LogP contribution in [0.2, 0.25) is 0 Å². The van der Waals surface area contributed by atoms with Gasteiger partial charge in [-0.15, -0.1) is 0 Å². The topological polar surface area (TPSA) is 49.8 Å². The molecule has 112 valence electrons. The highest BCUT2D eigenvalue weighted by atomic mass is 79.9. The number of hydrogen-bond acceptors (Lipinski definition) is 4. The van der Waals surface area contributed by atoms with Crippen molar-refractivity contribution in [2.24, 2.45) is 0 Å². The number of halogens is 6. The quantitative estimate of drug-likeness (QED) is 0.492. The minimum atomic E-state index is -2.23. The van der Waals surface area contributed by atoms with Crippen LogP contribution in [0.15, 0.2) is 10.7 Å². The predicted octanol–water partition coefficient (Wildman–Crippen LogP) is 3.72. The fraction of sp³-hybridized carbons (Fsp3) is 0.0909. The number of hydrogen-bond donors (Lipinski definition) is 2. The lowest BCUT2D eigenvalue weighted by Crippen LogP contribution is -2.08. The first-order valence-electron chi connectivity index (χ1n) is 5.35. The van der Waals surface area contributed by atoms with Crippen LogP contribution < -0.4 is 10.6 Å². The Morgan fingerprint density at radius 3 is 2.00 bits per heavy atom. The minimum Gasteiger partial charge on any atom is -0.357 e. The number of nitrogens with zero attached hydrogens (tertiary/aromatic N) is 2. The molecule has 4 nitrogen and oxygen atoms in total. The van der Waals surface area contributed by atoms with Gasteiger partial charge in [0, 0.05) is 13.2 Å². The Hall–Kier alpha value is -1.97. The van der Waals surface area contributed by atoms with Gasteiger partial charge in [-0.2, -0.15) is 4.98 Å². The van der Waals surface area contributed by atoms with Gasteiger partial charge in [0.2, 0.25) is 11.8 Å². The third-order valence-electron chi connectivity index (χ3n) is 2.42. The summed E-state index contributed by atoms with van der Waals surface area (Å²) in [6, 6.07) is 0. The zero-order chi connectivity index (χ0) is 15.7. The first-order valence-corrected chi connectivity index (χ1v) is 6.14. The molecule has 2 rings (SSSR count). The van der Waals surface area contributed by atoms with Gasteiger partial charge in [0.05, 0.1) is 4.47 Å². The second-order valence-corrected chi connectivity index (χ2v) is 4.56. The standard InChI is InChI=1S/C11H6BrF5N4/c1-18-11-19-2-3(12)10(21-11)20-9-7(16)5(14)4(13)6(15)8(9)17/h2H,1H3,(H2,18,19,20,21). The zero-order valence-electron chi connectivity index (χ0n) is 10.2. The van der Waals surface area contributed by atoms with Crippen molar-refractivity contribution in [3.63, 3.8) is 0 Å². The van der Waals surface area contributed by atoms with Crippen LogP contribution >= 0.6 is 15.9 Å². The molecule has 1 aromatic heterocycles. The largest absolute Gasteiger partial charge is 0.357 e. The fourth-order valence-corrected chi connectivity index (χ4v) is 1.70. The molecule has 0 saturated carbocycles. The minimum absolute atomic E-state index is 0.0876. The van der Waals surface area contributed by atoms with Gasteiger partial charge in [-0.1, -0.05) is 0 Å². The second-order valence-electron chi connectivity index (χ2n) is 3.71. The molecule has 0 radical (unpaired) electrons. The number of rotatable bonds is 3. The Labute approximate surface area is 123 Å². The molecular formula is C11H6BrF5N4. The van der Waals surface area contributed by atoms with E-state index in [0.29, 0.717) is 0 Å². The van der Waals surface area contributed by atoms with Crippen molar-refractivity contribution in [2.75, 3.05) is 17.7 Å². The van der Waals surface area contributed by atoms with E-state index < -0.39 is 34.8 Å². The van der Waals surface area contributed by atoms with Crippen molar-refractivity contribution in [3.8, 4) is 0 Å². The van der Waals surface area contributed by atoms with Crippen LogP contribution in [-0.4, -0.2) is 17.0 Å². The van der Waals surface area contributed by atoms with Gasteiger partial charge in [-0.3, -0.25) is 0 Å². The lowest BCUT2D eigenvalue weighted by molar-refractivity contribution is 0.382. The molecule has 0 saturated heterocycles. The average Bonchev–Trinajstić information content (AvgIpc) is 2.49. The number of anilines is 3. The molecule has 0 unspecified atom stereocenters. The van der Waals surface area contributed by atoms with Gasteiger partial charge in [0.1, 0.15) is 5.69 Å². The van der Waals surface area contributed by atoms with E-state index in [-0.39, 0.29) is 16.2 Å². The number of benzene rings is 1. The van der Waals surface area contributed by atoms with Crippen LogP contribution in [0.1, 0.15) is 0 Å². The molecule has 0 spiro atoms. The molecule has 1 heterocycles. The van der Waals surface area contributed by atoms with E-state index in [2.05, 4.69) is 36.5 Å². The summed E-state index contributed by atoms with van der Waals surface area (Å²) in [5.74, 6) is -10.4. The van der Waals surface area contributed by atoms with Crippen LogP contribution in [0.25, 0.3) is 0 Å². The monoisotopic (exact) mass is 368 g/mol. The van der Waals surface area contributed by atoms with Gasteiger partial charge in [0.25, 0.3) is 0 Å². The van der Waals surface area contributed by atoms with E-state index in [1.54, 1.807) is 0 Å². The second kappa shape index (κ2) is 5.80. The van der Waals surface area contributed by atoms with Crippen molar-refractivity contribution in [1.82, 2.24) is 9.97 Å². The van der Waals surface area contributed by atoms with E-state index in [9.17, 15) is 22.0 Å². The van der Waals surface area contributed by atoms with Gasteiger partial charge in [0.15, 0.2) is 29.1 Å². The summed E-state index contributed by atoms with van der Waals surface area (Å²) in [4.78, 5) is 7.59. The highest BCUT2D eigenvalue weighted by Gasteiger charge is 2.26. The SMILES string of the molecule is CNc1ncc(Br)c(Nc2c(F)c(F)c(F)c(F)c2F)n1. The molecule has 2 aromatic rings.